The molecule has 0 atom stereocenters. The van der Waals surface area contributed by atoms with E-state index in [9.17, 15) is 9.90 Å². The van der Waals surface area contributed by atoms with Crippen molar-refractivity contribution in [1.29, 1.82) is 0 Å². The number of aromatic nitrogens is 2. The van der Waals surface area contributed by atoms with Crippen molar-refractivity contribution in [3.05, 3.63) is 75.2 Å². The molecule has 2 aromatic carbocycles. The third kappa shape index (κ3) is 2.91. The average Bonchev–Trinajstić information content (AvgIpc) is 2.82. The molecule has 3 aromatic rings. The summed E-state index contributed by atoms with van der Waals surface area (Å²) in [6, 6.07) is 13.8. The highest BCUT2D eigenvalue weighted by atomic mass is 35.5. The lowest BCUT2D eigenvalue weighted by Gasteiger charge is -2.03. The van der Waals surface area contributed by atoms with Gasteiger partial charge in [-0.05, 0) is 31.2 Å². The lowest BCUT2D eigenvalue weighted by atomic mass is 10.2. The van der Waals surface area contributed by atoms with Crippen LogP contribution < -0.4 is 5.56 Å². The van der Waals surface area contributed by atoms with E-state index in [0.717, 1.165) is 0 Å². The van der Waals surface area contributed by atoms with Crippen molar-refractivity contribution < 1.29 is 5.11 Å². The molecule has 2 N–H and O–H groups in total. The first kappa shape index (κ1) is 15.1. The second kappa shape index (κ2) is 6.14. The van der Waals surface area contributed by atoms with Crippen LogP contribution in [-0.4, -0.2) is 21.1 Å². The average molecular weight is 328 g/mol. The minimum absolute atomic E-state index is 0.0587. The molecule has 0 aliphatic heterocycles. The van der Waals surface area contributed by atoms with Crippen LogP contribution in [0.1, 0.15) is 11.3 Å². The van der Waals surface area contributed by atoms with Gasteiger partial charge in [0.15, 0.2) is 0 Å². The number of nitrogens with one attached hydrogen (secondary N) is 1. The topological polar surface area (TPSA) is 70.4 Å². The maximum absolute atomic E-state index is 12.6. The lowest BCUT2D eigenvalue weighted by molar-refractivity contribution is 0.477. The van der Waals surface area contributed by atoms with E-state index in [1.807, 2.05) is 0 Å². The van der Waals surface area contributed by atoms with E-state index in [-0.39, 0.29) is 11.3 Å². The van der Waals surface area contributed by atoms with Gasteiger partial charge in [-0.1, -0.05) is 35.9 Å². The summed E-state index contributed by atoms with van der Waals surface area (Å²) in [6.07, 6.45) is 1.44. The molecule has 0 amide bonds. The van der Waals surface area contributed by atoms with Crippen LogP contribution in [0.4, 0.5) is 5.69 Å². The maximum atomic E-state index is 12.6. The fraction of sp³-hybridized carbons (Fsp3) is 0.0588. The first-order valence-corrected chi connectivity index (χ1v) is 7.34. The number of nitrogens with zero attached hydrogens (tertiary/aromatic N) is 2. The molecule has 0 fully saturated rings. The van der Waals surface area contributed by atoms with E-state index >= 15 is 0 Å². The molecule has 1 aromatic heterocycles. The molecule has 1 heterocycles. The highest BCUT2D eigenvalue weighted by Gasteiger charge is 2.12. The van der Waals surface area contributed by atoms with Crippen molar-refractivity contribution >= 4 is 23.5 Å². The number of halogens is 1. The predicted molar refractivity (Wildman–Crippen MR) is 91.5 cm³/mol. The van der Waals surface area contributed by atoms with Gasteiger partial charge in [-0.2, -0.15) is 0 Å². The molecule has 5 nitrogen and oxygen atoms in total. The van der Waals surface area contributed by atoms with Gasteiger partial charge in [-0.15, -0.1) is 0 Å². The predicted octanol–water partition coefficient (Wildman–Crippen LogP) is 3.58. The maximum Gasteiger partial charge on any atom is 0.280 e. The van der Waals surface area contributed by atoms with Crippen molar-refractivity contribution in [2.75, 3.05) is 0 Å². The fourth-order valence-electron chi connectivity index (χ4n) is 2.22. The van der Waals surface area contributed by atoms with E-state index in [1.54, 1.807) is 55.5 Å². The van der Waals surface area contributed by atoms with E-state index < -0.39 is 0 Å². The molecule has 6 heteroatoms. The Bertz CT molecular complexity index is 941. The zero-order valence-corrected chi connectivity index (χ0v) is 13.1. The van der Waals surface area contributed by atoms with Gasteiger partial charge in [-0.3, -0.25) is 14.9 Å². The number of hydrogen-bond donors (Lipinski definition) is 2. The van der Waals surface area contributed by atoms with Crippen LogP contribution in [0.15, 0.2) is 58.3 Å². The molecule has 0 aliphatic carbocycles. The summed E-state index contributed by atoms with van der Waals surface area (Å²) in [6.45, 7) is 1.78. The van der Waals surface area contributed by atoms with Crippen molar-refractivity contribution in [1.82, 2.24) is 9.78 Å². The summed E-state index contributed by atoms with van der Waals surface area (Å²) in [5, 5.41) is 13.2. The van der Waals surface area contributed by atoms with Crippen LogP contribution in [0.25, 0.3) is 5.69 Å². The number of benzene rings is 2. The molecular weight excluding hydrogens is 314 g/mol. The number of H-pyrrole nitrogens is 1. The highest BCUT2D eigenvalue weighted by Crippen LogP contribution is 2.24. The second-order valence-electron chi connectivity index (χ2n) is 4.99. The number of aromatic amines is 1. The Morgan fingerprint density at radius 2 is 1.87 bits per heavy atom. The highest BCUT2D eigenvalue weighted by molar-refractivity contribution is 6.32. The van der Waals surface area contributed by atoms with Crippen molar-refractivity contribution in [2.45, 2.75) is 6.92 Å². The van der Waals surface area contributed by atoms with E-state index in [1.165, 1.54) is 10.9 Å². The van der Waals surface area contributed by atoms with Gasteiger partial charge in [0, 0.05) is 11.9 Å². The van der Waals surface area contributed by atoms with Crippen molar-refractivity contribution in [2.24, 2.45) is 4.99 Å². The minimum atomic E-state index is -0.255. The van der Waals surface area contributed by atoms with Gasteiger partial charge in [0.05, 0.1) is 16.3 Å². The summed E-state index contributed by atoms with van der Waals surface area (Å²) in [5.74, 6) is 0.0587. The number of hydrogen-bond acceptors (Lipinski definition) is 3. The standard InChI is InChI=1S/C17H14ClN3O2/c1-11-12(10-19-14-7-3-5-9-16(14)22)17(23)21(20-11)15-8-4-2-6-13(15)18/h2-10,20,22H,1H3. The summed E-state index contributed by atoms with van der Waals surface area (Å²) in [5.41, 5.74) is 1.79. The van der Waals surface area contributed by atoms with Gasteiger partial charge in [0.2, 0.25) is 0 Å². The zero-order chi connectivity index (χ0) is 16.4. The van der Waals surface area contributed by atoms with Gasteiger partial charge < -0.3 is 5.11 Å². The quantitative estimate of drug-likeness (QED) is 0.722. The fourth-order valence-corrected chi connectivity index (χ4v) is 2.44. The monoisotopic (exact) mass is 327 g/mol. The minimum Gasteiger partial charge on any atom is -0.506 e. The smallest absolute Gasteiger partial charge is 0.280 e. The van der Waals surface area contributed by atoms with E-state index in [2.05, 4.69) is 10.1 Å². The first-order valence-electron chi connectivity index (χ1n) is 6.96. The second-order valence-corrected chi connectivity index (χ2v) is 5.40. The molecule has 0 unspecified atom stereocenters. The number of para-hydroxylation sites is 3. The molecule has 0 aliphatic rings. The SMILES string of the molecule is Cc1[nH]n(-c2ccccc2Cl)c(=O)c1C=Nc1ccccc1O. The summed E-state index contributed by atoms with van der Waals surface area (Å²) in [7, 11) is 0. The van der Waals surface area contributed by atoms with Crippen LogP contribution in [-0.2, 0) is 0 Å². The Morgan fingerprint density at radius 1 is 1.17 bits per heavy atom. The number of phenols is 1. The number of rotatable bonds is 3. The molecule has 0 saturated heterocycles. The number of aromatic hydroxyl groups is 1. The lowest BCUT2D eigenvalue weighted by Crippen LogP contribution is -2.17. The third-order valence-electron chi connectivity index (χ3n) is 3.42. The molecule has 0 radical (unpaired) electrons. The Morgan fingerprint density at radius 3 is 2.61 bits per heavy atom. The van der Waals surface area contributed by atoms with Crippen molar-refractivity contribution in [3.63, 3.8) is 0 Å². The Balaban J connectivity index is 2.04. The van der Waals surface area contributed by atoms with E-state index in [0.29, 0.717) is 27.7 Å². The Hall–Kier alpha value is -2.79. The molecule has 0 saturated carbocycles. The van der Waals surface area contributed by atoms with Crippen LogP contribution in [0.2, 0.25) is 5.02 Å². The largest absolute Gasteiger partial charge is 0.506 e. The molecule has 3 rings (SSSR count). The molecule has 0 spiro atoms. The van der Waals surface area contributed by atoms with E-state index in [4.69, 9.17) is 11.6 Å². The first-order chi connectivity index (χ1) is 11.1. The normalized spacial score (nSPS) is 11.2. The van der Waals surface area contributed by atoms with Crippen molar-refractivity contribution in [3.8, 4) is 11.4 Å². The van der Waals surface area contributed by atoms with Crippen LogP contribution in [0.5, 0.6) is 5.75 Å². The summed E-state index contributed by atoms with van der Waals surface area (Å²) < 4.78 is 1.38. The molecule has 23 heavy (non-hydrogen) atoms. The summed E-state index contributed by atoms with van der Waals surface area (Å²) in [4.78, 5) is 16.8. The molecule has 116 valence electrons. The third-order valence-corrected chi connectivity index (χ3v) is 3.74. The van der Waals surface area contributed by atoms with Crippen LogP contribution >= 0.6 is 11.6 Å². The Kier molecular flexibility index (Phi) is 4.04. The summed E-state index contributed by atoms with van der Waals surface area (Å²) >= 11 is 6.14. The van der Waals surface area contributed by atoms with Gasteiger partial charge in [0.25, 0.3) is 5.56 Å². The number of aryl methyl sites for hydroxylation is 1. The van der Waals surface area contributed by atoms with Gasteiger partial charge in [0.1, 0.15) is 11.4 Å². The molecule has 0 bridgehead atoms. The van der Waals surface area contributed by atoms with Gasteiger partial charge in [-0.25, -0.2) is 4.68 Å². The molecular formula is C17H14ClN3O2. The van der Waals surface area contributed by atoms with Crippen LogP contribution in [0, 0.1) is 6.92 Å². The number of aliphatic imine (C=N–C) groups is 1. The number of phenolic OH excluding ortho intramolecular Hbond substituents is 1. The van der Waals surface area contributed by atoms with Crippen LogP contribution in [0.3, 0.4) is 0 Å². The van der Waals surface area contributed by atoms with Gasteiger partial charge >= 0.3 is 0 Å². The Labute approximate surface area is 137 Å². The zero-order valence-electron chi connectivity index (χ0n) is 12.3.